The predicted molar refractivity (Wildman–Crippen MR) is 66.0 cm³/mol. The van der Waals surface area contributed by atoms with E-state index < -0.39 is 0 Å². The zero-order chi connectivity index (χ0) is 12.7. The van der Waals surface area contributed by atoms with Crippen molar-refractivity contribution in [2.45, 2.75) is 13.0 Å². The Labute approximate surface area is 102 Å². The van der Waals surface area contributed by atoms with Crippen molar-refractivity contribution in [2.75, 3.05) is 27.8 Å². The molecule has 0 aliphatic heterocycles. The molecule has 1 rings (SSSR count). The molecule has 17 heavy (non-hydrogen) atoms. The molecule has 0 atom stereocenters. The van der Waals surface area contributed by atoms with Crippen molar-refractivity contribution in [2.24, 2.45) is 0 Å². The fourth-order valence-electron chi connectivity index (χ4n) is 1.55. The van der Waals surface area contributed by atoms with Crippen molar-refractivity contribution in [1.82, 2.24) is 4.90 Å². The van der Waals surface area contributed by atoms with Crippen molar-refractivity contribution in [3.63, 3.8) is 0 Å². The lowest BCUT2D eigenvalue weighted by Crippen LogP contribution is -2.21. The zero-order valence-electron chi connectivity index (χ0n) is 10.6. The van der Waals surface area contributed by atoms with E-state index in [1.54, 1.807) is 7.11 Å². The average Bonchev–Trinajstić information content (AvgIpc) is 2.36. The maximum atomic E-state index is 11.0. The summed E-state index contributed by atoms with van der Waals surface area (Å²) >= 11 is 0. The molecule has 0 heterocycles. The van der Waals surface area contributed by atoms with Gasteiger partial charge in [0.1, 0.15) is 5.75 Å². The van der Waals surface area contributed by atoms with Crippen LogP contribution in [0.5, 0.6) is 5.75 Å². The molecule has 0 fully saturated rings. The Bertz CT molecular complexity index is 365. The lowest BCUT2D eigenvalue weighted by Gasteiger charge is -2.16. The fourth-order valence-corrected chi connectivity index (χ4v) is 1.55. The molecule has 0 spiro atoms. The number of esters is 1. The Morgan fingerprint density at radius 2 is 2.12 bits per heavy atom. The molecule has 0 aliphatic rings. The molecular formula is C13H19NO3. The molecule has 0 bridgehead atoms. The van der Waals surface area contributed by atoms with Crippen LogP contribution in [-0.2, 0) is 16.1 Å². The molecule has 0 saturated carbocycles. The van der Waals surface area contributed by atoms with Gasteiger partial charge in [-0.2, -0.15) is 0 Å². The molecule has 1 aromatic rings. The van der Waals surface area contributed by atoms with Crippen LogP contribution in [0.3, 0.4) is 0 Å². The van der Waals surface area contributed by atoms with E-state index in [2.05, 4.69) is 9.64 Å². The minimum absolute atomic E-state index is 0.178. The quantitative estimate of drug-likeness (QED) is 0.706. The zero-order valence-corrected chi connectivity index (χ0v) is 10.6. The standard InChI is InChI=1S/C13H19NO3/c1-14(8-7-13(15)17-3)10-11-5-4-6-12(9-11)16-2/h4-6,9H,7-8,10H2,1-3H3. The van der Waals surface area contributed by atoms with Crippen LogP contribution in [0.25, 0.3) is 0 Å². The summed E-state index contributed by atoms with van der Waals surface area (Å²) in [7, 11) is 5.03. The third-order valence-corrected chi connectivity index (χ3v) is 2.51. The van der Waals surface area contributed by atoms with Gasteiger partial charge in [0.15, 0.2) is 0 Å². The van der Waals surface area contributed by atoms with E-state index in [-0.39, 0.29) is 5.97 Å². The fraction of sp³-hybridized carbons (Fsp3) is 0.462. The molecule has 0 saturated heterocycles. The maximum Gasteiger partial charge on any atom is 0.306 e. The van der Waals surface area contributed by atoms with Crippen LogP contribution in [-0.4, -0.2) is 38.7 Å². The van der Waals surface area contributed by atoms with Gasteiger partial charge in [-0.05, 0) is 24.7 Å². The SMILES string of the molecule is COC(=O)CCN(C)Cc1cccc(OC)c1. The molecule has 0 aromatic heterocycles. The molecular weight excluding hydrogens is 218 g/mol. The Morgan fingerprint density at radius 3 is 2.76 bits per heavy atom. The number of methoxy groups -OCH3 is 2. The number of hydrogen-bond donors (Lipinski definition) is 0. The van der Waals surface area contributed by atoms with Crippen LogP contribution in [0.4, 0.5) is 0 Å². The normalized spacial score (nSPS) is 10.4. The Kier molecular flexibility index (Phi) is 5.49. The summed E-state index contributed by atoms with van der Waals surface area (Å²) in [5.41, 5.74) is 1.16. The van der Waals surface area contributed by atoms with E-state index in [4.69, 9.17) is 4.74 Å². The highest BCUT2D eigenvalue weighted by atomic mass is 16.5. The van der Waals surface area contributed by atoms with Gasteiger partial charge >= 0.3 is 5.97 Å². The van der Waals surface area contributed by atoms with Crippen molar-refractivity contribution < 1.29 is 14.3 Å². The number of carbonyl (C=O) groups excluding carboxylic acids is 1. The van der Waals surface area contributed by atoms with Crippen molar-refractivity contribution in [3.8, 4) is 5.75 Å². The van der Waals surface area contributed by atoms with E-state index in [1.165, 1.54) is 7.11 Å². The molecule has 0 radical (unpaired) electrons. The smallest absolute Gasteiger partial charge is 0.306 e. The van der Waals surface area contributed by atoms with Gasteiger partial charge < -0.3 is 14.4 Å². The summed E-state index contributed by atoms with van der Waals surface area (Å²) in [6.07, 6.45) is 0.414. The Hall–Kier alpha value is -1.55. The van der Waals surface area contributed by atoms with Gasteiger partial charge in [0.2, 0.25) is 0 Å². The van der Waals surface area contributed by atoms with Gasteiger partial charge in [0, 0.05) is 13.1 Å². The largest absolute Gasteiger partial charge is 0.497 e. The summed E-state index contributed by atoms with van der Waals surface area (Å²) in [5, 5.41) is 0. The van der Waals surface area contributed by atoms with Gasteiger partial charge in [-0.3, -0.25) is 4.79 Å². The number of hydrogen-bond acceptors (Lipinski definition) is 4. The maximum absolute atomic E-state index is 11.0. The minimum Gasteiger partial charge on any atom is -0.497 e. The van der Waals surface area contributed by atoms with Gasteiger partial charge in [-0.15, -0.1) is 0 Å². The lowest BCUT2D eigenvalue weighted by molar-refractivity contribution is -0.140. The van der Waals surface area contributed by atoms with E-state index >= 15 is 0 Å². The van der Waals surface area contributed by atoms with E-state index in [1.807, 2.05) is 31.3 Å². The molecule has 4 nitrogen and oxygen atoms in total. The first kappa shape index (κ1) is 13.5. The first-order valence-corrected chi connectivity index (χ1v) is 5.54. The van der Waals surface area contributed by atoms with Crippen molar-refractivity contribution in [1.29, 1.82) is 0 Å². The molecule has 0 unspecified atom stereocenters. The average molecular weight is 237 g/mol. The van der Waals surface area contributed by atoms with Crippen LogP contribution < -0.4 is 4.74 Å². The highest BCUT2D eigenvalue weighted by Gasteiger charge is 2.05. The monoisotopic (exact) mass is 237 g/mol. The molecule has 0 amide bonds. The second-order valence-corrected chi connectivity index (χ2v) is 3.92. The highest BCUT2D eigenvalue weighted by Crippen LogP contribution is 2.13. The van der Waals surface area contributed by atoms with Gasteiger partial charge in [-0.1, -0.05) is 12.1 Å². The number of carbonyl (C=O) groups is 1. The van der Waals surface area contributed by atoms with Crippen LogP contribution in [0.1, 0.15) is 12.0 Å². The van der Waals surface area contributed by atoms with Crippen LogP contribution in [0, 0.1) is 0 Å². The summed E-state index contributed by atoms with van der Waals surface area (Å²) in [4.78, 5) is 13.1. The van der Waals surface area contributed by atoms with Gasteiger partial charge in [-0.25, -0.2) is 0 Å². The van der Waals surface area contributed by atoms with E-state index in [0.29, 0.717) is 13.0 Å². The van der Waals surface area contributed by atoms with Crippen molar-refractivity contribution >= 4 is 5.97 Å². The topological polar surface area (TPSA) is 38.8 Å². The number of rotatable bonds is 6. The number of nitrogens with zero attached hydrogens (tertiary/aromatic N) is 1. The van der Waals surface area contributed by atoms with Crippen molar-refractivity contribution in [3.05, 3.63) is 29.8 Å². The molecule has 0 N–H and O–H groups in total. The summed E-state index contributed by atoms with van der Waals surface area (Å²) < 4.78 is 9.76. The molecule has 94 valence electrons. The second-order valence-electron chi connectivity index (χ2n) is 3.92. The lowest BCUT2D eigenvalue weighted by atomic mass is 10.2. The summed E-state index contributed by atoms with van der Waals surface area (Å²) in [6.45, 7) is 1.47. The first-order chi connectivity index (χ1) is 8.15. The Balaban J connectivity index is 2.44. The van der Waals surface area contributed by atoms with Crippen LogP contribution in [0.15, 0.2) is 24.3 Å². The second kappa shape index (κ2) is 6.91. The van der Waals surface area contributed by atoms with Crippen LogP contribution >= 0.6 is 0 Å². The first-order valence-electron chi connectivity index (χ1n) is 5.54. The molecule has 4 heteroatoms. The van der Waals surface area contributed by atoms with Gasteiger partial charge in [0.05, 0.1) is 20.6 Å². The Morgan fingerprint density at radius 1 is 1.35 bits per heavy atom. The third kappa shape index (κ3) is 4.87. The summed E-state index contributed by atoms with van der Waals surface area (Å²) in [5.74, 6) is 0.673. The third-order valence-electron chi connectivity index (χ3n) is 2.51. The number of benzene rings is 1. The molecule has 0 aliphatic carbocycles. The molecule has 1 aromatic carbocycles. The minimum atomic E-state index is -0.178. The van der Waals surface area contributed by atoms with E-state index in [0.717, 1.165) is 17.9 Å². The van der Waals surface area contributed by atoms with Crippen LogP contribution in [0.2, 0.25) is 0 Å². The predicted octanol–water partition coefficient (Wildman–Crippen LogP) is 1.69. The summed E-state index contributed by atoms with van der Waals surface area (Å²) in [6, 6.07) is 7.91. The van der Waals surface area contributed by atoms with E-state index in [9.17, 15) is 4.79 Å². The number of ether oxygens (including phenoxy) is 2. The van der Waals surface area contributed by atoms with Gasteiger partial charge in [0.25, 0.3) is 0 Å². The highest BCUT2D eigenvalue weighted by molar-refractivity contribution is 5.69.